The molecule has 0 bridgehead atoms. The van der Waals surface area contributed by atoms with Crippen molar-refractivity contribution in [2.45, 2.75) is 95.6 Å². The number of nitriles is 1. The first-order valence-electron chi connectivity index (χ1n) is 17.5. The number of thiophene rings is 1. The number of aromatic nitrogens is 1. The number of halogens is 6. The average molecular weight is 767 g/mol. The van der Waals surface area contributed by atoms with Crippen LogP contribution in [0.5, 0.6) is 5.75 Å². The number of carboxylic acids is 1. The number of alkyl halides is 6. The number of ether oxygens (including phenoxy) is 1. The number of amides is 2. The molecule has 2 saturated heterocycles. The highest BCUT2D eigenvalue weighted by Gasteiger charge is 2.57. The minimum atomic E-state index is -4.90. The number of piperidine rings is 2. The lowest BCUT2D eigenvalue weighted by Crippen LogP contribution is -2.68. The van der Waals surface area contributed by atoms with E-state index in [1.54, 1.807) is 6.92 Å². The van der Waals surface area contributed by atoms with Gasteiger partial charge in [0.15, 0.2) is 0 Å². The summed E-state index contributed by atoms with van der Waals surface area (Å²) in [5, 5.41) is 21.1. The fourth-order valence-corrected chi connectivity index (χ4v) is 8.57. The molecule has 53 heavy (non-hydrogen) atoms. The zero-order valence-corrected chi connectivity index (χ0v) is 30.0. The second-order valence-corrected chi connectivity index (χ2v) is 14.7. The van der Waals surface area contributed by atoms with Crippen molar-refractivity contribution >= 4 is 29.1 Å². The molecule has 9 nitrogen and oxygen atoms in total. The third kappa shape index (κ3) is 8.10. The van der Waals surface area contributed by atoms with Crippen molar-refractivity contribution in [3.8, 4) is 11.8 Å². The van der Waals surface area contributed by atoms with Crippen LogP contribution in [-0.4, -0.2) is 69.0 Å². The van der Waals surface area contributed by atoms with Gasteiger partial charge in [-0.25, -0.2) is 0 Å². The third-order valence-corrected chi connectivity index (χ3v) is 11.5. The van der Waals surface area contributed by atoms with Crippen LogP contribution in [0.15, 0.2) is 53.2 Å². The van der Waals surface area contributed by atoms with Gasteiger partial charge >= 0.3 is 18.3 Å². The molecule has 5 rings (SSSR count). The molecule has 2 aliphatic heterocycles. The molecule has 2 amide bonds. The van der Waals surface area contributed by atoms with Crippen molar-refractivity contribution in [2.24, 2.45) is 11.3 Å². The number of carboxylic acid groups (broad SMARTS) is 1. The molecule has 0 spiro atoms. The van der Waals surface area contributed by atoms with Crippen molar-refractivity contribution < 1.29 is 50.6 Å². The van der Waals surface area contributed by atoms with Crippen molar-refractivity contribution in [3.05, 3.63) is 69.2 Å². The number of hydrogen-bond donors (Lipinski definition) is 1. The molecule has 4 heterocycles. The van der Waals surface area contributed by atoms with E-state index in [0.717, 1.165) is 39.9 Å². The Labute approximate surface area is 306 Å². The molecule has 1 unspecified atom stereocenters. The number of likely N-dealkylation sites (tertiary alicyclic amines) is 2. The Morgan fingerprint density at radius 2 is 1.83 bits per heavy atom. The number of hydrogen-bond acceptors (Lipinski definition) is 7. The van der Waals surface area contributed by atoms with Crippen molar-refractivity contribution in [2.75, 3.05) is 19.6 Å². The molecule has 0 saturated carbocycles. The maximum absolute atomic E-state index is 14.9. The lowest BCUT2D eigenvalue weighted by atomic mass is 9.67. The Balaban J connectivity index is 1.54. The monoisotopic (exact) mass is 766 g/mol. The number of aliphatic carboxylic acids is 1. The molecule has 286 valence electrons. The fraction of sp³-hybridized carbons (Fsp3) is 0.541. The first kappa shape index (κ1) is 39.8. The van der Waals surface area contributed by atoms with Gasteiger partial charge in [0.05, 0.1) is 28.7 Å². The average Bonchev–Trinajstić information content (AvgIpc) is 3.60. The van der Waals surface area contributed by atoms with Crippen LogP contribution in [-0.2, 0) is 21.9 Å². The van der Waals surface area contributed by atoms with Crippen molar-refractivity contribution in [3.63, 3.8) is 0 Å². The first-order valence-corrected chi connectivity index (χ1v) is 18.3. The van der Waals surface area contributed by atoms with E-state index >= 15 is 0 Å². The zero-order valence-electron chi connectivity index (χ0n) is 29.2. The summed E-state index contributed by atoms with van der Waals surface area (Å²) in [4.78, 5) is 45.8. The topological polar surface area (TPSA) is 124 Å². The van der Waals surface area contributed by atoms with Gasteiger partial charge in [0, 0.05) is 56.3 Å². The Hall–Kier alpha value is -4.39. The van der Waals surface area contributed by atoms with E-state index in [0.29, 0.717) is 30.2 Å². The summed E-state index contributed by atoms with van der Waals surface area (Å²) in [6.07, 6.45) is -2.45. The van der Waals surface area contributed by atoms with Crippen molar-refractivity contribution in [1.82, 2.24) is 14.8 Å². The summed E-state index contributed by atoms with van der Waals surface area (Å²) in [7, 11) is 0. The molecular weight excluding hydrogens is 726 g/mol. The Bertz CT molecular complexity index is 1810. The van der Waals surface area contributed by atoms with Gasteiger partial charge in [-0.3, -0.25) is 19.4 Å². The van der Waals surface area contributed by atoms with Crippen LogP contribution in [0.25, 0.3) is 0 Å². The van der Waals surface area contributed by atoms with E-state index < -0.39 is 63.2 Å². The number of carbonyl (C=O) groups excluding carboxylic acids is 2. The van der Waals surface area contributed by atoms with E-state index in [1.807, 2.05) is 19.1 Å². The predicted octanol–water partition coefficient (Wildman–Crippen LogP) is 8.29. The highest BCUT2D eigenvalue weighted by atomic mass is 32.1. The molecule has 3 aliphatic rings. The van der Waals surface area contributed by atoms with Crippen LogP contribution in [0.4, 0.5) is 26.3 Å². The number of nitrogens with zero attached hydrogens (tertiary/aromatic N) is 4. The highest BCUT2D eigenvalue weighted by Crippen LogP contribution is 2.47. The van der Waals surface area contributed by atoms with Crippen LogP contribution >= 0.6 is 11.3 Å². The number of allylic oxidation sites excluding steroid dienone is 4. The normalized spacial score (nSPS) is 23.5. The summed E-state index contributed by atoms with van der Waals surface area (Å²) in [5.41, 5.74) is -3.37. The summed E-state index contributed by atoms with van der Waals surface area (Å²) < 4.78 is 89.5. The molecule has 0 radical (unpaired) electrons. The van der Waals surface area contributed by atoms with Gasteiger partial charge in [-0.2, -0.15) is 31.6 Å². The fourth-order valence-electron chi connectivity index (χ4n) is 7.90. The number of rotatable bonds is 10. The van der Waals surface area contributed by atoms with Crippen molar-refractivity contribution in [1.29, 1.82) is 5.26 Å². The first-order chi connectivity index (χ1) is 25.0. The van der Waals surface area contributed by atoms with Crippen LogP contribution in [0, 0.1) is 22.7 Å². The maximum Gasteiger partial charge on any atom is 0.425 e. The van der Waals surface area contributed by atoms with Gasteiger partial charge in [0.1, 0.15) is 10.6 Å². The van der Waals surface area contributed by atoms with Gasteiger partial charge in [0.25, 0.3) is 11.8 Å². The zero-order chi connectivity index (χ0) is 38.8. The largest absolute Gasteiger partial charge is 0.481 e. The van der Waals surface area contributed by atoms with Gasteiger partial charge in [-0.15, -0.1) is 11.3 Å². The second kappa shape index (κ2) is 15.5. The third-order valence-electron chi connectivity index (χ3n) is 10.5. The maximum atomic E-state index is 14.9. The van der Waals surface area contributed by atoms with Gasteiger partial charge in [0.2, 0.25) is 5.60 Å². The van der Waals surface area contributed by atoms with Crippen LogP contribution in [0.1, 0.15) is 92.4 Å². The lowest BCUT2D eigenvalue weighted by Gasteiger charge is -2.51. The highest BCUT2D eigenvalue weighted by molar-refractivity contribution is 7.10. The van der Waals surface area contributed by atoms with E-state index in [9.17, 15) is 51.1 Å². The Morgan fingerprint density at radius 3 is 2.43 bits per heavy atom. The SMILES string of the molecule is CCC[C@H]1N(C(=O)c2cnccc2C(F)(F)F)CCC[C@@]1(Oc1csc(C(F)(F)F)c1)C(=O)N1CCC(C#N)(C2=C(CCC(=O)O)C(C)CC=C2)CC1. The molecule has 0 aromatic carbocycles. The van der Waals surface area contributed by atoms with Gasteiger partial charge < -0.3 is 19.6 Å². The molecule has 2 aromatic heterocycles. The summed E-state index contributed by atoms with van der Waals surface area (Å²) in [5.74, 6) is -2.91. The van der Waals surface area contributed by atoms with Crippen LogP contribution < -0.4 is 4.74 Å². The van der Waals surface area contributed by atoms with E-state index in [2.05, 4.69) is 11.1 Å². The molecular formula is C37H40F6N4O5S. The predicted molar refractivity (Wildman–Crippen MR) is 182 cm³/mol. The van der Waals surface area contributed by atoms with E-state index in [1.165, 1.54) is 4.90 Å². The quantitative estimate of drug-likeness (QED) is 0.242. The summed E-state index contributed by atoms with van der Waals surface area (Å²) >= 11 is 0.366. The Morgan fingerprint density at radius 1 is 1.11 bits per heavy atom. The molecule has 2 aromatic rings. The Kier molecular flexibility index (Phi) is 11.7. The number of carbonyl (C=O) groups is 3. The molecule has 3 atom stereocenters. The standard InChI is InChI=1S/C37H40F6N4O5S/c1-3-6-29-35(52-24-19-30(53-21-24)37(41,42)43,12-5-16-47(29)32(50)26-20-45-15-11-28(26)36(38,39)40)33(51)46-17-13-34(22-44,14-18-46)27-8-4-7-23(2)25(27)9-10-31(48)49/h4,8,11,15,19-21,23,29H,3,5-7,9-10,12-14,16-18H2,1-2H3,(H,48,49)/t23?,29-,35+/m1/s1. The smallest absolute Gasteiger partial charge is 0.425 e. The number of pyridine rings is 1. The summed E-state index contributed by atoms with van der Waals surface area (Å²) in [6, 6.07) is 2.72. The van der Waals surface area contributed by atoms with E-state index in [4.69, 9.17) is 4.74 Å². The minimum Gasteiger partial charge on any atom is -0.481 e. The van der Waals surface area contributed by atoms with Crippen LogP contribution in [0.2, 0.25) is 0 Å². The molecule has 1 N–H and O–H groups in total. The summed E-state index contributed by atoms with van der Waals surface area (Å²) in [6.45, 7) is 3.73. The second-order valence-electron chi connectivity index (χ2n) is 13.8. The van der Waals surface area contributed by atoms with Crippen LogP contribution in [0.3, 0.4) is 0 Å². The minimum absolute atomic E-state index is 0.00124. The van der Waals surface area contributed by atoms with E-state index in [-0.39, 0.29) is 76.2 Å². The van der Waals surface area contributed by atoms with Gasteiger partial charge in [-0.05, 0) is 56.1 Å². The van der Waals surface area contributed by atoms with Gasteiger partial charge in [-0.1, -0.05) is 38.0 Å². The molecule has 1 aliphatic carbocycles. The molecule has 2 fully saturated rings. The lowest BCUT2D eigenvalue weighted by molar-refractivity contribution is -0.161. The molecule has 16 heteroatoms.